The Bertz CT molecular complexity index is 362. The number of hydrogen-bond donors (Lipinski definition) is 1. The molecular weight excluding hydrogens is 224 g/mol. The summed E-state index contributed by atoms with van der Waals surface area (Å²) in [6.45, 7) is 1.42. The van der Waals surface area contributed by atoms with Gasteiger partial charge < -0.3 is 9.90 Å². The highest BCUT2D eigenvalue weighted by atomic mass is 32.2. The van der Waals surface area contributed by atoms with E-state index in [-0.39, 0.29) is 12.2 Å². The number of rotatable bonds is 6. The lowest BCUT2D eigenvalue weighted by atomic mass is 10.1. The number of carboxylic acids is 1. The quantitative estimate of drug-likeness (QED) is 0.773. The van der Waals surface area contributed by atoms with Crippen LogP contribution in [0.2, 0.25) is 0 Å². The molecule has 0 spiro atoms. The van der Waals surface area contributed by atoms with E-state index in [4.69, 9.17) is 5.11 Å². The summed E-state index contributed by atoms with van der Waals surface area (Å²) in [6, 6.07) is 9.58. The van der Waals surface area contributed by atoms with E-state index >= 15 is 0 Å². The molecule has 1 N–H and O–H groups in total. The molecule has 0 aliphatic heterocycles. The molecule has 0 aliphatic rings. The Morgan fingerprint density at radius 2 is 1.94 bits per heavy atom. The molecule has 0 aromatic heterocycles. The normalized spacial score (nSPS) is 12.1. The summed E-state index contributed by atoms with van der Waals surface area (Å²) in [7, 11) is 0. The summed E-state index contributed by atoms with van der Waals surface area (Å²) < 4.78 is 0. The van der Waals surface area contributed by atoms with Gasteiger partial charge in [0.2, 0.25) is 0 Å². The molecule has 1 aromatic carbocycles. The van der Waals surface area contributed by atoms with Crippen molar-refractivity contribution >= 4 is 23.5 Å². The largest absolute Gasteiger partial charge is 0.481 e. The van der Waals surface area contributed by atoms with Crippen molar-refractivity contribution in [2.24, 2.45) is 5.92 Å². The number of ketones is 1. The smallest absolute Gasteiger partial charge is 0.307 e. The minimum Gasteiger partial charge on any atom is -0.481 e. The van der Waals surface area contributed by atoms with Crippen molar-refractivity contribution in [1.82, 2.24) is 0 Å². The first kappa shape index (κ1) is 12.8. The Morgan fingerprint density at radius 3 is 2.44 bits per heavy atom. The zero-order valence-corrected chi connectivity index (χ0v) is 9.87. The van der Waals surface area contributed by atoms with Crippen LogP contribution < -0.4 is 0 Å². The van der Waals surface area contributed by atoms with E-state index in [1.807, 2.05) is 30.3 Å². The van der Waals surface area contributed by atoms with E-state index in [1.54, 1.807) is 0 Å². The highest BCUT2D eigenvalue weighted by molar-refractivity contribution is 7.99. The van der Waals surface area contributed by atoms with Gasteiger partial charge in [-0.2, -0.15) is 0 Å². The number of aliphatic carboxylic acids is 1. The molecule has 1 rings (SSSR count). The van der Waals surface area contributed by atoms with Crippen molar-refractivity contribution in [3.63, 3.8) is 0 Å². The third-order valence-corrected chi connectivity index (χ3v) is 3.25. The van der Waals surface area contributed by atoms with Crippen LogP contribution in [-0.4, -0.2) is 22.6 Å². The van der Waals surface area contributed by atoms with Gasteiger partial charge in [-0.25, -0.2) is 0 Å². The molecule has 0 radical (unpaired) electrons. The van der Waals surface area contributed by atoms with Gasteiger partial charge >= 0.3 is 5.97 Å². The predicted octanol–water partition coefficient (Wildman–Crippen LogP) is 2.46. The first-order valence-electron chi connectivity index (χ1n) is 4.99. The van der Waals surface area contributed by atoms with Gasteiger partial charge in [-0.3, -0.25) is 4.79 Å². The fourth-order valence-corrected chi connectivity index (χ4v) is 2.28. The van der Waals surface area contributed by atoms with Crippen LogP contribution in [0.1, 0.15) is 13.3 Å². The second-order valence-electron chi connectivity index (χ2n) is 3.57. The molecule has 0 aliphatic carbocycles. The number of benzene rings is 1. The van der Waals surface area contributed by atoms with E-state index < -0.39 is 11.9 Å². The van der Waals surface area contributed by atoms with Crippen LogP contribution in [0.15, 0.2) is 35.2 Å². The summed E-state index contributed by atoms with van der Waals surface area (Å²) in [6.07, 6.45) is 0.106. The maximum Gasteiger partial charge on any atom is 0.307 e. The van der Waals surface area contributed by atoms with Gasteiger partial charge in [-0.05, 0) is 19.1 Å². The SMILES string of the molecule is CC(=O)CC(CSc1ccccc1)C(=O)O. The molecular formula is C12H14O3S. The van der Waals surface area contributed by atoms with Gasteiger partial charge in [0.25, 0.3) is 0 Å². The number of hydrogen-bond acceptors (Lipinski definition) is 3. The van der Waals surface area contributed by atoms with Gasteiger partial charge in [-0.1, -0.05) is 18.2 Å². The van der Waals surface area contributed by atoms with Crippen LogP contribution in [-0.2, 0) is 9.59 Å². The highest BCUT2D eigenvalue weighted by Crippen LogP contribution is 2.22. The number of carbonyl (C=O) groups excluding carboxylic acids is 1. The standard InChI is InChI=1S/C12H14O3S/c1-9(13)7-10(12(14)15)8-16-11-5-3-2-4-6-11/h2-6,10H,7-8H2,1H3,(H,14,15). The van der Waals surface area contributed by atoms with Crippen LogP contribution in [0.3, 0.4) is 0 Å². The molecule has 0 fully saturated rings. The lowest BCUT2D eigenvalue weighted by Gasteiger charge is -2.09. The maximum atomic E-state index is 10.9. The average molecular weight is 238 g/mol. The lowest BCUT2D eigenvalue weighted by molar-refractivity contribution is -0.142. The summed E-state index contributed by atoms with van der Waals surface area (Å²) >= 11 is 1.47. The van der Waals surface area contributed by atoms with E-state index in [2.05, 4.69) is 0 Å². The summed E-state index contributed by atoms with van der Waals surface area (Å²) in [5, 5.41) is 8.93. The highest BCUT2D eigenvalue weighted by Gasteiger charge is 2.19. The minimum absolute atomic E-state index is 0.0824. The monoisotopic (exact) mass is 238 g/mol. The van der Waals surface area contributed by atoms with Gasteiger partial charge in [0, 0.05) is 17.1 Å². The van der Waals surface area contributed by atoms with Gasteiger partial charge in [0.1, 0.15) is 5.78 Å². The molecule has 1 aromatic rings. The zero-order valence-electron chi connectivity index (χ0n) is 9.05. The van der Waals surface area contributed by atoms with Crippen LogP contribution in [0, 0.1) is 5.92 Å². The van der Waals surface area contributed by atoms with Crippen LogP contribution in [0.4, 0.5) is 0 Å². The number of carbonyl (C=O) groups is 2. The Kier molecular flexibility index (Phi) is 5.05. The molecule has 0 amide bonds. The number of thioether (sulfide) groups is 1. The first-order chi connectivity index (χ1) is 7.59. The Hall–Kier alpha value is -1.29. The molecule has 0 heterocycles. The number of carboxylic acid groups (broad SMARTS) is 1. The van der Waals surface area contributed by atoms with Crippen molar-refractivity contribution < 1.29 is 14.7 Å². The van der Waals surface area contributed by atoms with Crippen molar-refractivity contribution in [3.05, 3.63) is 30.3 Å². The third kappa shape index (κ3) is 4.49. The molecule has 4 heteroatoms. The minimum atomic E-state index is -0.904. The molecule has 86 valence electrons. The zero-order chi connectivity index (χ0) is 12.0. The van der Waals surface area contributed by atoms with E-state index in [1.165, 1.54) is 18.7 Å². The average Bonchev–Trinajstić information content (AvgIpc) is 2.25. The second kappa shape index (κ2) is 6.33. The third-order valence-electron chi connectivity index (χ3n) is 2.08. The van der Waals surface area contributed by atoms with Gasteiger partial charge in [0.05, 0.1) is 5.92 Å². The second-order valence-corrected chi connectivity index (χ2v) is 4.66. The molecule has 0 saturated heterocycles. The fourth-order valence-electron chi connectivity index (χ4n) is 1.28. The van der Waals surface area contributed by atoms with Crippen molar-refractivity contribution in [1.29, 1.82) is 0 Å². The lowest BCUT2D eigenvalue weighted by Crippen LogP contribution is -2.19. The van der Waals surface area contributed by atoms with Crippen molar-refractivity contribution in [2.45, 2.75) is 18.2 Å². The Morgan fingerprint density at radius 1 is 1.31 bits per heavy atom. The van der Waals surface area contributed by atoms with Gasteiger partial charge in [0.15, 0.2) is 0 Å². The van der Waals surface area contributed by atoms with Crippen LogP contribution in [0.5, 0.6) is 0 Å². The first-order valence-corrected chi connectivity index (χ1v) is 5.98. The fraction of sp³-hybridized carbons (Fsp3) is 0.333. The summed E-state index contributed by atoms with van der Waals surface area (Å²) in [4.78, 5) is 22.8. The van der Waals surface area contributed by atoms with Crippen LogP contribution in [0.25, 0.3) is 0 Å². The maximum absolute atomic E-state index is 10.9. The van der Waals surface area contributed by atoms with Crippen molar-refractivity contribution in [2.75, 3.05) is 5.75 Å². The summed E-state index contributed by atoms with van der Waals surface area (Å²) in [5.74, 6) is -1.15. The Balaban J connectivity index is 2.50. The topological polar surface area (TPSA) is 54.4 Å². The molecule has 1 atom stereocenters. The molecule has 0 bridgehead atoms. The number of Topliss-reactive ketones (excluding diaryl/α,β-unsaturated/α-hetero) is 1. The molecule has 1 unspecified atom stereocenters. The van der Waals surface area contributed by atoms with Crippen LogP contribution >= 0.6 is 11.8 Å². The van der Waals surface area contributed by atoms with E-state index in [0.29, 0.717) is 5.75 Å². The molecule has 0 saturated carbocycles. The van der Waals surface area contributed by atoms with E-state index in [0.717, 1.165) is 4.90 Å². The molecule has 3 nitrogen and oxygen atoms in total. The predicted molar refractivity (Wildman–Crippen MR) is 63.6 cm³/mol. The molecule has 16 heavy (non-hydrogen) atoms. The van der Waals surface area contributed by atoms with E-state index in [9.17, 15) is 9.59 Å². The summed E-state index contributed by atoms with van der Waals surface area (Å²) in [5.41, 5.74) is 0. The van der Waals surface area contributed by atoms with Gasteiger partial charge in [-0.15, -0.1) is 11.8 Å². The van der Waals surface area contributed by atoms with Crippen molar-refractivity contribution in [3.8, 4) is 0 Å². The Labute approximate surface area is 98.9 Å².